The van der Waals surface area contributed by atoms with E-state index in [1.807, 2.05) is 14.2 Å². The molecule has 3 nitrogen and oxygen atoms in total. The summed E-state index contributed by atoms with van der Waals surface area (Å²) in [6, 6.07) is 1.06. The summed E-state index contributed by atoms with van der Waals surface area (Å²) in [5.41, 5.74) is 0. The van der Waals surface area contributed by atoms with Gasteiger partial charge in [0.2, 0.25) is 0 Å². The van der Waals surface area contributed by atoms with Crippen molar-refractivity contribution in [1.29, 1.82) is 0 Å². The standard InChI is InChI=1S/C13H31NO2Si/c1-6-9-11-14(12-10-7-2)17(15-4,16-5)13-8-3/h6-13H2,1-5H3. The van der Waals surface area contributed by atoms with Crippen molar-refractivity contribution in [1.82, 2.24) is 4.57 Å². The van der Waals surface area contributed by atoms with Crippen LogP contribution < -0.4 is 0 Å². The van der Waals surface area contributed by atoms with Gasteiger partial charge < -0.3 is 8.85 Å². The van der Waals surface area contributed by atoms with Gasteiger partial charge in [0.1, 0.15) is 0 Å². The van der Waals surface area contributed by atoms with Crippen LogP contribution in [0.3, 0.4) is 0 Å². The third-order valence-electron chi connectivity index (χ3n) is 3.25. The van der Waals surface area contributed by atoms with Crippen LogP contribution >= 0.6 is 0 Å². The van der Waals surface area contributed by atoms with Crippen LogP contribution in [0.1, 0.15) is 52.9 Å². The first-order chi connectivity index (χ1) is 8.20. The summed E-state index contributed by atoms with van der Waals surface area (Å²) < 4.78 is 14.2. The van der Waals surface area contributed by atoms with E-state index in [1.165, 1.54) is 25.7 Å². The van der Waals surface area contributed by atoms with E-state index in [4.69, 9.17) is 8.85 Å². The summed E-state index contributed by atoms with van der Waals surface area (Å²) in [7, 11) is 1.52. The highest BCUT2D eigenvalue weighted by Gasteiger charge is 2.41. The summed E-state index contributed by atoms with van der Waals surface area (Å²) in [4.78, 5) is 0. The van der Waals surface area contributed by atoms with Crippen molar-refractivity contribution in [3.63, 3.8) is 0 Å². The molecule has 0 aliphatic heterocycles. The molecule has 0 radical (unpaired) electrons. The van der Waals surface area contributed by atoms with E-state index in [1.54, 1.807) is 0 Å². The molecule has 0 fully saturated rings. The summed E-state index contributed by atoms with van der Waals surface area (Å²) >= 11 is 0. The predicted molar refractivity (Wildman–Crippen MR) is 76.3 cm³/mol. The van der Waals surface area contributed by atoms with Gasteiger partial charge in [0.05, 0.1) is 0 Å². The van der Waals surface area contributed by atoms with Crippen LogP contribution in [0.4, 0.5) is 0 Å². The number of hydrogen-bond acceptors (Lipinski definition) is 3. The third-order valence-corrected chi connectivity index (χ3v) is 7.07. The fourth-order valence-corrected chi connectivity index (χ4v) is 5.21. The van der Waals surface area contributed by atoms with Crippen LogP contribution in [0.5, 0.6) is 0 Å². The molecule has 0 spiro atoms. The number of unbranched alkanes of at least 4 members (excludes halogenated alkanes) is 2. The van der Waals surface area contributed by atoms with Gasteiger partial charge in [-0.1, -0.05) is 40.0 Å². The van der Waals surface area contributed by atoms with Crippen molar-refractivity contribution in [2.75, 3.05) is 27.3 Å². The van der Waals surface area contributed by atoms with Gasteiger partial charge in [-0.15, -0.1) is 0 Å². The molecule has 0 saturated heterocycles. The second kappa shape index (κ2) is 10.1. The van der Waals surface area contributed by atoms with Crippen LogP contribution in [0.2, 0.25) is 6.04 Å². The first-order valence-electron chi connectivity index (χ1n) is 7.06. The van der Waals surface area contributed by atoms with Crippen molar-refractivity contribution in [3.8, 4) is 0 Å². The minimum atomic E-state index is -2.11. The van der Waals surface area contributed by atoms with E-state index in [2.05, 4.69) is 25.3 Å². The lowest BCUT2D eigenvalue weighted by Gasteiger charge is -2.38. The predicted octanol–water partition coefficient (Wildman–Crippen LogP) is 3.53. The summed E-state index contributed by atoms with van der Waals surface area (Å²) in [6.07, 6.45) is 6.05. The van der Waals surface area contributed by atoms with E-state index in [0.717, 1.165) is 25.6 Å². The fourth-order valence-electron chi connectivity index (χ4n) is 2.17. The summed E-state index contributed by atoms with van der Waals surface area (Å²) in [5, 5.41) is 0. The van der Waals surface area contributed by atoms with Crippen LogP contribution in [-0.2, 0) is 8.85 Å². The van der Waals surface area contributed by atoms with Crippen LogP contribution in [-0.4, -0.2) is 40.6 Å². The lowest BCUT2D eigenvalue weighted by molar-refractivity contribution is 0.158. The lowest BCUT2D eigenvalue weighted by atomic mass is 10.3. The lowest BCUT2D eigenvalue weighted by Crippen LogP contribution is -2.58. The van der Waals surface area contributed by atoms with Gasteiger partial charge in [0.25, 0.3) is 0 Å². The van der Waals surface area contributed by atoms with E-state index in [9.17, 15) is 0 Å². The molecular weight excluding hydrogens is 230 g/mol. The van der Waals surface area contributed by atoms with Crippen molar-refractivity contribution in [2.45, 2.75) is 58.9 Å². The van der Waals surface area contributed by atoms with Gasteiger partial charge in [-0.25, -0.2) is 0 Å². The number of hydrogen-bond donors (Lipinski definition) is 0. The first kappa shape index (κ1) is 17.1. The Bertz CT molecular complexity index is 167. The molecule has 0 rings (SSSR count). The van der Waals surface area contributed by atoms with Crippen molar-refractivity contribution in [2.24, 2.45) is 0 Å². The maximum Gasteiger partial charge on any atom is 0.427 e. The molecule has 4 heteroatoms. The minimum absolute atomic E-state index is 1.06. The van der Waals surface area contributed by atoms with E-state index >= 15 is 0 Å². The maximum atomic E-state index is 5.83. The molecule has 0 amide bonds. The smallest absolute Gasteiger partial charge is 0.386 e. The summed E-state index contributed by atoms with van der Waals surface area (Å²) in [5.74, 6) is 0. The molecule has 17 heavy (non-hydrogen) atoms. The molecule has 0 aromatic carbocycles. The Morgan fingerprint density at radius 1 is 0.824 bits per heavy atom. The highest BCUT2D eigenvalue weighted by Crippen LogP contribution is 2.21. The Morgan fingerprint density at radius 2 is 1.29 bits per heavy atom. The zero-order chi connectivity index (χ0) is 13.1. The quantitative estimate of drug-likeness (QED) is 0.531. The van der Waals surface area contributed by atoms with E-state index in [0.29, 0.717) is 0 Å². The average Bonchev–Trinajstić information content (AvgIpc) is 2.37. The molecule has 0 aromatic rings. The van der Waals surface area contributed by atoms with E-state index in [-0.39, 0.29) is 0 Å². The largest absolute Gasteiger partial charge is 0.427 e. The molecule has 0 aromatic heterocycles. The van der Waals surface area contributed by atoms with Crippen molar-refractivity contribution >= 4 is 8.72 Å². The van der Waals surface area contributed by atoms with E-state index < -0.39 is 8.72 Å². The molecule has 0 N–H and O–H groups in total. The Morgan fingerprint density at radius 3 is 1.59 bits per heavy atom. The van der Waals surface area contributed by atoms with Gasteiger partial charge in [-0.3, -0.25) is 4.57 Å². The molecule has 0 atom stereocenters. The minimum Gasteiger partial charge on any atom is -0.386 e. The topological polar surface area (TPSA) is 21.7 Å². The third kappa shape index (κ3) is 5.51. The van der Waals surface area contributed by atoms with Crippen LogP contribution in [0, 0.1) is 0 Å². The number of rotatable bonds is 11. The highest BCUT2D eigenvalue weighted by atomic mass is 28.4. The van der Waals surface area contributed by atoms with Crippen molar-refractivity contribution in [3.05, 3.63) is 0 Å². The highest BCUT2D eigenvalue weighted by molar-refractivity contribution is 6.64. The normalized spacial score (nSPS) is 12.4. The van der Waals surface area contributed by atoms with Gasteiger partial charge >= 0.3 is 8.72 Å². The Balaban J connectivity index is 4.64. The average molecular weight is 261 g/mol. The Labute approximate surface area is 109 Å². The molecule has 0 bridgehead atoms. The molecule has 0 unspecified atom stereocenters. The van der Waals surface area contributed by atoms with Crippen LogP contribution in [0.15, 0.2) is 0 Å². The monoisotopic (exact) mass is 261 g/mol. The molecular formula is C13H31NO2Si. The second-order valence-corrected chi connectivity index (χ2v) is 7.94. The SMILES string of the molecule is CCCCN(CCCC)[Si](CCC)(OC)OC. The second-order valence-electron chi connectivity index (χ2n) is 4.57. The van der Waals surface area contributed by atoms with Gasteiger partial charge in [-0.2, -0.15) is 0 Å². The fraction of sp³-hybridized carbons (Fsp3) is 1.00. The molecule has 0 aliphatic rings. The molecule has 0 heterocycles. The van der Waals surface area contributed by atoms with Gasteiger partial charge in [0.15, 0.2) is 0 Å². The maximum absolute atomic E-state index is 5.83. The van der Waals surface area contributed by atoms with Crippen molar-refractivity contribution < 1.29 is 8.85 Å². The van der Waals surface area contributed by atoms with Gasteiger partial charge in [0, 0.05) is 20.3 Å². The zero-order valence-electron chi connectivity index (χ0n) is 12.4. The first-order valence-corrected chi connectivity index (χ1v) is 9.03. The zero-order valence-corrected chi connectivity index (χ0v) is 13.4. The number of nitrogens with zero attached hydrogens (tertiary/aromatic N) is 1. The molecule has 0 saturated carbocycles. The Hall–Kier alpha value is 0.0969. The Kier molecular flexibility index (Phi) is 10.1. The van der Waals surface area contributed by atoms with Gasteiger partial charge in [-0.05, 0) is 25.9 Å². The molecule has 104 valence electrons. The summed E-state index contributed by atoms with van der Waals surface area (Å²) in [6.45, 7) is 8.91. The molecule has 0 aliphatic carbocycles. The van der Waals surface area contributed by atoms with Crippen LogP contribution in [0.25, 0.3) is 0 Å².